The van der Waals surface area contributed by atoms with Gasteiger partial charge in [-0.25, -0.2) is 4.79 Å². The number of rotatable bonds is 15. The fourth-order valence-electron chi connectivity index (χ4n) is 5.72. The highest BCUT2D eigenvalue weighted by Gasteiger charge is 2.21. The lowest BCUT2D eigenvalue weighted by Gasteiger charge is -2.32. The Hall–Kier alpha value is -3.35. The maximum atomic E-state index is 12.9. The molecule has 42 heavy (non-hydrogen) atoms. The maximum absolute atomic E-state index is 12.9. The average Bonchev–Trinajstić information content (AvgIpc) is 3.00. The van der Waals surface area contributed by atoms with Crippen molar-refractivity contribution in [1.82, 2.24) is 4.90 Å². The van der Waals surface area contributed by atoms with E-state index in [9.17, 15) is 9.59 Å². The predicted molar refractivity (Wildman–Crippen MR) is 168 cm³/mol. The largest absolute Gasteiger partial charge is 0.493 e. The van der Waals surface area contributed by atoms with E-state index in [0.717, 1.165) is 70.3 Å². The lowest BCUT2D eigenvalue weighted by molar-refractivity contribution is 0.103. The second-order valence-corrected chi connectivity index (χ2v) is 11.7. The summed E-state index contributed by atoms with van der Waals surface area (Å²) in [6, 6.07) is 23.5. The number of likely N-dealkylation sites (tertiary alicyclic amines) is 1. The van der Waals surface area contributed by atoms with E-state index in [2.05, 4.69) is 36.1 Å². The van der Waals surface area contributed by atoms with Crippen molar-refractivity contribution >= 4 is 23.5 Å². The van der Waals surface area contributed by atoms with Crippen molar-refractivity contribution in [3.8, 4) is 5.75 Å². The van der Waals surface area contributed by atoms with Gasteiger partial charge in [0, 0.05) is 22.7 Å². The molecule has 3 aromatic rings. The number of hydrogen-bond acceptors (Lipinski definition) is 5. The molecule has 6 nitrogen and oxygen atoms in total. The smallest absolute Gasteiger partial charge is 0.404 e. The predicted octanol–water partition coefficient (Wildman–Crippen LogP) is 8.01. The topological polar surface area (TPSA) is 81.9 Å². The molecule has 1 atom stereocenters. The van der Waals surface area contributed by atoms with Crippen LogP contribution in [0.15, 0.2) is 72.8 Å². The van der Waals surface area contributed by atoms with Gasteiger partial charge in [0.05, 0.1) is 13.2 Å². The number of nitrogens with two attached hydrogens (primary N) is 1. The van der Waals surface area contributed by atoms with Crippen molar-refractivity contribution in [2.75, 3.05) is 26.3 Å². The van der Waals surface area contributed by atoms with E-state index in [1.807, 2.05) is 24.3 Å². The Kier molecular flexibility index (Phi) is 12.3. The molecular formula is C35H43ClN2O4. The zero-order valence-corrected chi connectivity index (χ0v) is 25.4. The second kappa shape index (κ2) is 16.3. The summed E-state index contributed by atoms with van der Waals surface area (Å²) in [5.74, 6) is 1.71. The van der Waals surface area contributed by atoms with Crippen molar-refractivity contribution in [2.45, 2.75) is 64.3 Å². The van der Waals surface area contributed by atoms with Crippen LogP contribution < -0.4 is 10.5 Å². The minimum atomic E-state index is -0.696. The fourth-order valence-corrected chi connectivity index (χ4v) is 5.84. The quantitative estimate of drug-likeness (QED) is 0.143. The number of piperidine rings is 1. The minimum absolute atomic E-state index is 0.0367. The molecule has 0 aliphatic carbocycles. The molecule has 4 rings (SSSR count). The molecule has 0 aromatic heterocycles. The molecule has 1 saturated heterocycles. The van der Waals surface area contributed by atoms with E-state index in [1.165, 1.54) is 11.1 Å². The third-order valence-electron chi connectivity index (χ3n) is 8.05. The first-order valence-corrected chi connectivity index (χ1v) is 15.6. The van der Waals surface area contributed by atoms with E-state index in [0.29, 0.717) is 41.2 Å². The summed E-state index contributed by atoms with van der Waals surface area (Å²) >= 11 is 5.96. The average molecular weight is 591 g/mol. The highest BCUT2D eigenvalue weighted by atomic mass is 35.5. The molecule has 1 heterocycles. The number of halogens is 1. The van der Waals surface area contributed by atoms with Gasteiger partial charge < -0.3 is 15.2 Å². The number of nitrogens with zero attached hydrogens (tertiary/aromatic N) is 1. The lowest BCUT2D eigenvalue weighted by atomic mass is 9.88. The highest BCUT2D eigenvalue weighted by molar-refractivity contribution is 6.30. The number of unbranched alkanes of at least 4 members (excludes halogenated alkanes) is 1. The number of carbonyl (C=O) groups is 2. The monoisotopic (exact) mass is 590 g/mol. The lowest BCUT2D eigenvalue weighted by Crippen LogP contribution is -2.35. The van der Waals surface area contributed by atoms with Crippen molar-refractivity contribution in [3.05, 3.63) is 100 Å². The molecular weight excluding hydrogens is 548 g/mol. The standard InChI is InChI=1S/C35H43ClN2O4/c1-2-7-28(9-3-4-21-41-35(37)40)30-10-5-8-27(22-30)24-38-19-17-26(18-20-38)25-42-33-12-6-11-31(23-33)34(39)29-13-15-32(36)16-14-29/h5-6,8,10-16,22-23,26,28H,2-4,7,9,17-21,24-25H2,1H3,(H2,37,40). The molecule has 0 bridgehead atoms. The number of amides is 1. The molecule has 0 saturated carbocycles. The molecule has 1 amide bonds. The van der Waals surface area contributed by atoms with Crippen LogP contribution in [0.3, 0.4) is 0 Å². The van der Waals surface area contributed by atoms with Gasteiger partial charge >= 0.3 is 6.09 Å². The second-order valence-electron chi connectivity index (χ2n) is 11.3. The van der Waals surface area contributed by atoms with Crippen molar-refractivity contribution in [1.29, 1.82) is 0 Å². The molecule has 7 heteroatoms. The molecule has 1 aliphatic rings. The van der Waals surface area contributed by atoms with Crippen LogP contribution in [0.5, 0.6) is 5.75 Å². The van der Waals surface area contributed by atoms with Crippen LogP contribution in [-0.4, -0.2) is 43.1 Å². The Bertz CT molecular complexity index is 1290. The van der Waals surface area contributed by atoms with Crippen molar-refractivity contribution in [3.63, 3.8) is 0 Å². The number of hydrogen-bond donors (Lipinski definition) is 1. The molecule has 3 aromatic carbocycles. The van der Waals surface area contributed by atoms with Crippen LogP contribution in [0.4, 0.5) is 4.79 Å². The van der Waals surface area contributed by atoms with Gasteiger partial charge in [-0.05, 0) is 111 Å². The third-order valence-corrected chi connectivity index (χ3v) is 8.30. The molecule has 224 valence electrons. The summed E-state index contributed by atoms with van der Waals surface area (Å²) in [6.45, 7) is 6.34. The molecule has 2 N–H and O–H groups in total. The first-order chi connectivity index (χ1) is 20.4. The summed E-state index contributed by atoms with van der Waals surface area (Å²) in [7, 11) is 0. The van der Waals surface area contributed by atoms with Crippen LogP contribution in [0.25, 0.3) is 0 Å². The van der Waals surface area contributed by atoms with E-state index in [4.69, 9.17) is 26.8 Å². The van der Waals surface area contributed by atoms with Crippen LogP contribution in [0.2, 0.25) is 5.02 Å². The van der Waals surface area contributed by atoms with E-state index < -0.39 is 6.09 Å². The van der Waals surface area contributed by atoms with Gasteiger partial charge in [-0.3, -0.25) is 9.69 Å². The zero-order valence-electron chi connectivity index (χ0n) is 24.6. The van der Waals surface area contributed by atoms with Gasteiger partial charge in [0.15, 0.2) is 5.78 Å². The van der Waals surface area contributed by atoms with E-state index >= 15 is 0 Å². The van der Waals surface area contributed by atoms with E-state index in [1.54, 1.807) is 24.3 Å². The fraction of sp³-hybridized carbons (Fsp3) is 0.429. The Morgan fingerprint density at radius 3 is 2.45 bits per heavy atom. The number of benzene rings is 3. The first kappa shape index (κ1) is 31.6. The van der Waals surface area contributed by atoms with Crippen molar-refractivity contribution in [2.24, 2.45) is 11.7 Å². The third kappa shape index (κ3) is 9.88. The molecule has 1 unspecified atom stereocenters. The van der Waals surface area contributed by atoms with Gasteiger partial charge in [-0.15, -0.1) is 0 Å². The highest BCUT2D eigenvalue weighted by Crippen LogP contribution is 2.29. The Morgan fingerprint density at radius 2 is 1.71 bits per heavy atom. The number of ether oxygens (including phenoxy) is 2. The van der Waals surface area contributed by atoms with E-state index in [-0.39, 0.29) is 5.78 Å². The first-order valence-electron chi connectivity index (χ1n) is 15.2. The Labute approximate surface area is 255 Å². The van der Waals surface area contributed by atoms with Crippen molar-refractivity contribution < 1.29 is 19.1 Å². The number of ketones is 1. The van der Waals surface area contributed by atoms with Crippen LogP contribution in [0, 0.1) is 5.92 Å². The summed E-state index contributed by atoms with van der Waals surface area (Å²) in [4.78, 5) is 26.2. The summed E-state index contributed by atoms with van der Waals surface area (Å²) < 4.78 is 11.0. The Balaban J connectivity index is 1.23. The Morgan fingerprint density at radius 1 is 0.952 bits per heavy atom. The van der Waals surface area contributed by atoms with Crippen LogP contribution in [0.1, 0.15) is 84.8 Å². The van der Waals surface area contributed by atoms with Crippen LogP contribution in [-0.2, 0) is 11.3 Å². The summed E-state index contributed by atoms with van der Waals surface area (Å²) in [5.41, 5.74) is 9.06. The molecule has 0 spiro atoms. The summed E-state index contributed by atoms with van der Waals surface area (Å²) in [6.07, 6.45) is 6.73. The minimum Gasteiger partial charge on any atom is -0.493 e. The van der Waals surface area contributed by atoms with Gasteiger partial charge in [0.1, 0.15) is 5.75 Å². The SMILES string of the molecule is CCCC(CCCCOC(N)=O)c1cccc(CN2CCC(COc3cccc(C(=O)c4ccc(Cl)cc4)c3)CC2)c1. The van der Waals surface area contributed by atoms with Gasteiger partial charge in [-0.2, -0.15) is 0 Å². The molecule has 1 aliphatic heterocycles. The summed E-state index contributed by atoms with van der Waals surface area (Å²) in [5, 5.41) is 0.613. The van der Waals surface area contributed by atoms with Gasteiger partial charge in [0.2, 0.25) is 0 Å². The van der Waals surface area contributed by atoms with Gasteiger partial charge in [0.25, 0.3) is 0 Å². The van der Waals surface area contributed by atoms with Crippen LogP contribution >= 0.6 is 11.6 Å². The van der Waals surface area contributed by atoms with Gasteiger partial charge in [-0.1, -0.05) is 61.3 Å². The number of carbonyl (C=O) groups excluding carboxylic acids is 2. The zero-order chi connectivity index (χ0) is 29.7. The number of primary amides is 1. The molecule has 1 fully saturated rings. The maximum Gasteiger partial charge on any atom is 0.404 e. The normalized spacial score (nSPS) is 14.8. The molecule has 0 radical (unpaired) electrons.